The average molecular weight is 392 g/mol. The van der Waals surface area contributed by atoms with Gasteiger partial charge in [0.2, 0.25) is 11.9 Å². The van der Waals surface area contributed by atoms with Crippen LogP contribution in [0.15, 0.2) is 36.4 Å². The second kappa shape index (κ2) is 6.31. The van der Waals surface area contributed by atoms with Crippen LogP contribution in [-0.2, 0) is 11.3 Å². The van der Waals surface area contributed by atoms with Crippen LogP contribution in [0.2, 0.25) is 0 Å². The maximum atomic E-state index is 13.0. The predicted octanol–water partition coefficient (Wildman–Crippen LogP) is 3.75. The van der Waals surface area contributed by atoms with E-state index in [9.17, 15) is 4.79 Å². The van der Waals surface area contributed by atoms with E-state index in [0.717, 1.165) is 39.7 Å². The quantitative estimate of drug-likeness (QED) is 0.534. The van der Waals surface area contributed by atoms with Gasteiger partial charge in [-0.1, -0.05) is 35.6 Å². The van der Waals surface area contributed by atoms with Crippen LogP contribution < -0.4 is 9.80 Å². The highest BCUT2D eigenvalue weighted by atomic mass is 32.1. The van der Waals surface area contributed by atoms with Crippen molar-refractivity contribution in [2.75, 3.05) is 29.9 Å². The molecule has 4 aromatic rings. The van der Waals surface area contributed by atoms with Gasteiger partial charge in [0.1, 0.15) is 0 Å². The van der Waals surface area contributed by atoms with Crippen LogP contribution in [0.1, 0.15) is 11.1 Å². The zero-order chi connectivity index (χ0) is 19.4. The van der Waals surface area contributed by atoms with E-state index in [1.165, 1.54) is 10.3 Å². The number of aromatic nitrogens is 3. The van der Waals surface area contributed by atoms with Crippen molar-refractivity contribution in [2.24, 2.45) is 0 Å². The number of para-hydroxylation sites is 2. The number of nitrogens with zero attached hydrogens (tertiary/aromatic N) is 5. The van der Waals surface area contributed by atoms with Gasteiger partial charge < -0.3 is 9.47 Å². The maximum absolute atomic E-state index is 13.0. The van der Waals surface area contributed by atoms with Crippen LogP contribution in [0.25, 0.3) is 21.3 Å². The Morgan fingerprint density at radius 2 is 1.89 bits per heavy atom. The molecule has 1 aliphatic heterocycles. The molecule has 0 saturated heterocycles. The minimum Gasteiger partial charge on any atom is -0.342 e. The minimum atomic E-state index is 0.0456. The van der Waals surface area contributed by atoms with Crippen molar-refractivity contribution in [3.63, 3.8) is 0 Å². The molecular weight excluding hydrogens is 370 g/mol. The molecule has 7 heteroatoms. The van der Waals surface area contributed by atoms with Crippen molar-refractivity contribution in [3.8, 4) is 0 Å². The number of hydrogen-bond donors (Lipinski definition) is 0. The van der Waals surface area contributed by atoms with Gasteiger partial charge in [-0.3, -0.25) is 9.69 Å². The Bertz CT molecular complexity index is 1190. The van der Waals surface area contributed by atoms with Gasteiger partial charge in [0.25, 0.3) is 0 Å². The number of imidazole rings is 1. The first kappa shape index (κ1) is 17.2. The van der Waals surface area contributed by atoms with E-state index < -0.39 is 0 Å². The highest BCUT2D eigenvalue weighted by molar-refractivity contribution is 7.22. The third kappa shape index (κ3) is 2.57. The third-order valence-electron chi connectivity index (χ3n) is 5.35. The number of hydrogen-bond acceptors (Lipinski definition) is 5. The van der Waals surface area contributed by atoms with Crippen molar-refractivity contribution in [2.45, 2.75) is 20.4 Å². The summed E-state index contributed by atoms with van der Waals surface area (Å²) < 4.78 is 3.31. The molecule has 3 heterocycles. The topological polar surface area (TPSA) is 54.3 Å². The number of likely N-dealkylation sites (N-methyl/N-ethyl adjacent to an activating group) is 1. The highest BCUT2D eigenvalue weighted by Crippen LogP contribution is 2.33. The molecule has 6 nitrogen and oxygen atoms in total. The normalized spacial score (nSPS) is 13.5. The molecule has 0 atom stereocenters. The molecule has 2 aromatic carbocycles. The molecule has 142 valence electrons. The van der Waals surface area contributed by atoms with Crippen molar-refractivity contribution < 1.29 is 4.79 Å². The summed E-state index contributed by atoms with van der Waals surface area (Å²) in [5.74, 6) is 0.792. The number of thiazole rings is 1. The summed E-state index contributed by atoms with van der Waals surface area (Å²) in [5, 5.41) is 0.869. The lowest BCUT2D eigenvalue weighted by atomic mass is 10.1. The van der Waals surface area contributed by atoms with E-state index in [1.807, 2.05) is 30.1 Å². The number of fused-ring (bicyclic) bond motifs is 4. The first-order chi connectivity index (χ1) is 13.5. The Labute approximate surface area is 167 Å². The molecule has 0 saturated carbocycles. The SMILES string of the molecule is Cc1ccc(C)c2sc(N(C)CC(=O)N3CCn4c3nc3ccccc34)nc12. The number of benzene rings is 2. The van der Waals surface area contributed by atoms with Gasteiger partial charge in [-0.2, -0.15) is 0 Å². The van der Waals surface area contributed by atoms with E-state index >= 15 is 0 Å². The van der Waals surface area contributed by atoms with E-state index in [4.69, 9.17) is 4.98 Å². The Morgan fingerprint density at radius 3 is 2.71 bits per heavy atom. The summed E-state index contributed by atoms with van der Waals surface area (Å²) in [4.78, 5) is 26.2. The summed E-state index contributed by atoms with van der Waals surface area (Å²) in [6, 6.07) is 12.2. The zero-order valence-corrected chi connectivity index (χ0v) is 17.0. The molecule has 0 aliphatic carbocycles. The number of rotatable bonds is 3. The zero-order valence-electron chi connectivity index (χ0n) is 16.1. The van der Waals surface area contributed by atoms with E-state index in [1.54, 1.807) is 16.2 Å². The molecule has 1 amide bonds. The molecule has 2 aromatic heterocycles. The third-order valence-corrected chi connectivity index (χ3v) is 6.66. The Morgan fingerprint density at radius 1 is 1.11 bits per heavy atom. The molecule has 0 N–H and O–H groups in total. The molecule has 0 radical (unpaired) electrons. The Hall–Kier alpha value is -2.93. The second-order valence-corrected chi connectivity index (χ2v) is 8.30. The summed E-state index contributed by atoms with van der Waals surface area (Å²) in [6.45, 7) is 5.90. The van der Waals surface area contributed by atoms with Crippen LogP contribution in [0.3, 0.4) is 0 Å². The largest absolute Gasteiger partial charge is 0.342 e. The van der Waals surface area contributed by atoms with Crippen LogP contribution in [-0.4, -0.2) is 40.6 Å². The molecule has 1 aliphatic rings. The van der Waals surface area contributed by atoms with Crippen molar-refractivity contribution in [1.29, 1.82) is 0 Å². The first-order valence-corrected chi connectivity index (χ1v) is 10.2. The van der Waals surface area contributed by atoms with Crippen LogP contribution in [0, 0.1) is 13.8 Å². The van der Waals surface area contributed by atoms with Gasteiger partial charge in [0, 0.05) is 20.1 Å². The fourth-order valence-electron chi connectivity index (χ4n) is 3.79. The van der Waals surface area contributed by atoms with Gasteiger partial charge >= 0.3 is 0 Å². The van der Waals surface area contributed by atoms with Gasteiger partial charge in [0.05, 0.1) is 27.8 Å². The van der Waals surface area contributed by atoms with Crippen molar-refractivity contribution >= 4 is 49.6 Å². The molecule has 0 fully saturated rings. The number of carbonyl (C=O) groups is 1. The summed E-state index contributed by atoms with van der Waals surface area (Å²) in [5.41, 5.74) is 5.43. The molecule has 0 spiro atoms. The average Bonchev–Trinajstić information content (AvgIpc) is 3.38. The van der Waals surface area contributed by atoms with E-state index in [2.05, 4.69) is 41.6 Å². The predicted molar refractivity (Wildman–Crippen MR) is 114 cm³/mol. The fourth-order valence-corrected chi connectivity index (χ4v) is 4.86. The molecule has 5 rings (SSSR count). The van der Waals surface area contributed by atoms with Crippen molar-refractivity contribution in [3.05, 3.63) is 47.5 Å². The van der Waals surface area contributed by atoms with Crippen LogP contribution in [0.4, 0.5) is 11.1 Å². The molecule has 0 bridgehead atoms. The lowest BCUT2D eigenvalue weighted by molar-refractivity contribution is -0.117. The Kier molecular flexibility index (Phi) is 3.87. The number of carbonyl (C=O) groups excluding carboxylic acids is 1. The van der Waals surface area contributed by atoms with E-state index in [-0.39, 0.29) is 12.5 Å². The lowest BCUT2D eigenvalue weighted by Crippen LogP contribution is -2.38. The number of anilines is 2. The molecular formula is C21H21N5OS. The first-order valence-electron chi connectivity index (χ1n) is 9.36. The minimum absolute atomic E-state index is 0.0456. The maximum Gasteiger partial charge on any atom is 0.248 e. The summed E-state index contributed by atoms with van der Waals surface area (Å²) in [6.07, 6.45) is 0. The second-order valence-electron chi connectivity index (χ2n) is 7.33. The molecule has 28 heavy (non-hydrogen) atoms. The van der Waals surface area contributed by atoms with Gasteiger partial charge in [-0.15, -0.1) is 0 Å². The highest BCUT2D eigenvalue weighted by Gasteiger charge is 2.29. The van der Waals surface area contributed by atoms with Gasteiger partial charge in [-0.25, -0.2) is 9.97 Å². The summed E-state index contributed by atoms with van der Waals surface area (Å²) in [7, 11) is 1.93. The van der Waals surface area contributed by atoms with E-state index in [0.29, 0.717) is 6.54 Å². The monoisotopic (exact) mass is 391 g/mol. The lowest BCUT2D eigenvalue weighted by Gasteiger charge is -2.19. The van der Waals surface area contributed by atoms with Crippen LogP contribution >= 0.6 is 11.3 Å². The smallest absolute Gasteiger partial charge is 0.248 e. The number of aryl methyl sites for hydroxylation is 2. The fraction of sp³-hybridized carbons (Fsp3) is 0.286. The Balaban J connectivity index is 1.41. The molecule has 0 unspecified atom stereocenters. The van der Waals surface area contributed by atoms with Gasteiger partial charge in [0.15, 0.2) is 5.13 Å². The number of amides is 1. The summed E-state index contributed by atoms with van der Waals surface area (Å²) >= 11 is 1.64. The standard InChI is InChI=1S/C21H21N5OS/c1-13-8-9-14(2)19-18(13)23-21(28-19)24(3)12-17(27)26-11-10-25-16-7-5-4-6-15(16)22-20(25)26/h4-9H,10-12H2,1-3H3. The van der Waals surface area contributed by atoms with Crippen molar-refractivity contribution in [1.82, 2.24) is 14.5 Å². The van der Waals surface area contributed by atoms with Crippen LogP contribution in [0.5, 0.6) is 0 Å². The van der Waals surface area contributed by atoms with Gasteiger partial charge in [-0.05, 0) is 37.1 Å².